The van der Waals surface area contributed by atoms with Crippen LogP contribution in [0.15, 0.2) is 83.3 Å². The Bertz CT molecular complexity index is 1270. The smallest absolute Gasteiger partial charge is 0.227 e. The molecule has 0 aliphatic carbocycles. The van der Waals surface area contributed by atoms with E-state index in [9.17, 15) is 0 Å². The minimum atomic E-state index is 0.128. The summed E-state index contributed by atoms with van der Waals surface area (Å²) in [5.74, 6) is 1.50. The van der Waals surface area contributed by atoms with Crippen LogP contribution in [0.4, 0.5) is 0 Å². The third kappa shape index (κ3) is 3.02. The number of benzene rings is 3. The molecule has 0 radical (unpaired) electrons. The van der Waals surface area contributed by atoms with E-state index in [2.05, 4.69) is 19.9 Å². The lowest BCUT2D eigenvalue weighted by Crippen LogP contribution is -1.97. The molecular weight excluding hydrogens is 372 g/mol. The molecule has 0 unspecified atom stereocenters. The van der Waals surface area contributed by atoms with Crippen LogP contribution in [0.25, 0.3) is 45.3 Å². The van der Waals surface area contributed by atoms with Gasteiger partial charge >= 0.3 is 0 Å². The van der Waals surface area contributed by atoms with E-state index in [0.29, 0.717) is 28.7 Å². The Labute approximate surface area is 165 Å². The van der Waals surface area contributed by atoms with Gasteiger partial charge in [0, 0.05) is 11.1 Å². The van der Waals surface area contributed by atoms with Crippen LogP contribution in [0.1, 0.15) is 0 Å². The summed E-state index contributed by atoms with van der Waals surface area (Å²) in [5, 5.41) is 0.128. The van der Waals surface area contributed by atoms with E-state index in [1.807, 2.05) is 78.9 Å². The molecule has 28 heavy (non-hydrogen) atoms. The van der Waals surface area contributed by atoms with Crippen LogP contribution in [0.3, 0.4) is 0 Å². The molecule has 3 aromatic carbocycles. The maximum Gasteiger partial charge on any atom is 0.227 e. The lowest BCUT2D eigenvalue weighted by molar-refractivity contribution is 0.620. The highest BCUT2D eigenvalue weighted by atomic mass is 35.5. The topological polar surface area (TPSA) is 64.7 Å². The Kier molecular flexibility index (Phi) is 4.07. The van der Waals surface area contributed by atoms with E-state index >= 15 is 0 Å². The Morgan fingerprint density at radius 3 is 2.04 bits per heavy atom. The van der Waals surface area contributed by atoms with Gasteiger partial charge in [0.2, 0.25) is 11.2 Å². The largest absolute Gasteiger partial charge is 0.435 e. The first-order chi connectivity index (χ1) is 13.8. The van der Waals surface area contributed by atoms with Gasteiger partial charge < -0.3 is 4.42 Å². The first-order valence-corrected chi connectivity index (χ1v) is 9.08. The van der Waals surface area contributed by atoms with Gasteiger partial charge in [-0.05, 0) is 35.9 Å². The van der Waals surface area contributed by atoms with E-state index in [1.165, 1.54) is 0 Å². The SMILES string of the molecule is Clc1nc(-c2ccccc2)nc(-c2cccc3nc(-c4ccccc4)oc23)n1. The van der Waals surface area contributed by atoms with E-state index < -0.39 is 0 Å². The van der Waals surface area contributed by atoms with Crippen LogP contribution in [-0.2, 0) is 0 Å². The minimum Gasteiger partial charge on any atom is -0.435 e. The van der Waals surface area contributed by atoms with Crippen molar-refractivity contribution in [2.24, 2.45) is 0 Å². The number of hydrogen-bond donors (Lipinski definition) is 0. The molecule has 5 rings (SSSR count). The van der Waals surface area contributed by atoms with E-state index in [1.54, 1.807) is 0 Å². The minimum absolute atomic E-state index is 0.128. The number of rotatable bonds is 3. The van der Waals surface area contributed by atoms with Gasteiger partial charge in [0.25, 0.3) is 0 Å². The summed E-state index contributed by atoms with van der Waals surface area (Å²) in [6.07, 6.45) is 0. The number of halogens is 1. The molecule has 6 heteroatoms. The molecule has 0 saturated carbocycles. The molecule has 2 aromatic heterocycles. The monoisotopic (exact) mass is 384 g/mol. The zero-order valence-corrected chi connectivity index (χ0v) is 15.3. The van der Waals surface area contributed by atoms with Crippen LogP contribution >= 0.6 is 11.6 Å². The second-order valence-corrected chi connectivity index (χ2v) is 6.49. The van der Waals surface area contributed by atoms with Gasteiger partial charge in [-0.3, -0.25) is 0 Å². The van der Waals surface area contributed by atoms with Crippen LogP contribution < -0.4 is 0 Å². The first-order valence-electron chi connectivity index (χ1n) is 8.70. The summed E-state index contributed by atoms with van der Waals surface area (Å²) < 4.78 is 6.07. The van der Waals surface area contributed by atoms with Crippen molar-refractivity contribution in [2.75, 3.05) is 0 Å². The summed E-state index contributed by atoms with van der Waals surface area (Å²) in [4.78, 5) is 17.8. The maximum absolute atomic E-state index is 6.19. The molecule has 0 aliphatic rings. The molecule has 134 valence electrons. The van der Waals surface area contributed by atoms with E-state index in [-0.39, 0.29) is 5.28 Å². The molecule has 0 N–H and O–H groups in total. The second kappa shape index (κ2) is 6.87. The Balaban J connectivity index is 1.68. The van der Waals surface area contributed by atoms with Crippen molar-refractivity contribution < 1.29 is 4.42 Å². The standard InChI is InChI=1S/C22H13ClN4O/c23-22-26-19(14-8-3-1-4-9-14)25-20(27-22)16-12-7-13-17-18(16)28-21(24-17)15-10-5-2-6-11-15/h1-13H. The Morgan fingerprint density at radius 1 is 0.607 bits per heavy atom. The molecule has 5 nitrogen and oxygen atoms in total. The van der Waals surface area contributed by atoms with Crippen molar-refractivity contribution in [2.45, 2.75) is 0 Å². The van der Waals surface area contributed by atoms with Crippen molar-refractivity contribution in [3.63, 3.8) is 0 Å². The van der Waals surface area contributed by atoms with Gasteiger partial charge in [0.05, 0.1) is 5.56 Å². The molecule has 0 fully saturated rings. The van der Waals surface area contributed by atoms with E-state index in [0.717, 1.165) is 16.6 Å². The van der Waals surface area contributed by atoms with Gasteiger partial charge in [-0.2, -0.15) is 9.97 Å². The fraction of sp³-hybridized carbons (Fsp3) is 0. The number of para-hydroxylation sites is 1. The molecule has 2 heterocycles. The summed E-state index contributed by atoms with van der Waals surface area (Å²) in [5.41, 5.74) is 3.83. The molecule has 5 aromatic rings. The molecule has 0 amide bonds. The van der Waals surface area contributed by atoms with Gasteiger partial charge in [-0.15, -0.1) is 0 Å². The third-order valence-corrected chi connectivity index (χ3v) is 4.49. The lowest BCUT2D eigenvalue weighted by atomic mass is 10.1. The molecule has 0 saturated heterocycles. The average Bonchev–Trinajstić information content (AvgIpc) is 3.19. The number of hydrogen-bond acceptors (Lipinski definition) is 5. The summed E-state index contributed by atoms with van der Waals surface area (Å²) in [7, 11) is 0. The number of oxazole rings is 1. The summed E-state index contributed by atoms with van der Waals surface area (Å²) >= 11 is 6.19. The lowest BCUT2D eigenvalue weighted by Gasteiger charge is -2.05. The number of nitrogens with zero attached hydrogens (tertiary/aromatic N) is 4. The van der Waals surface area contributed by atoms with Crippen molar-refractivity contribution in [1.82, 2.24) is 19.9 Å². The van der Waals surface area contributed by atoms with Gasteiger partial charge in [-0.1, -0.05) is 54.6 Å². The van der Waals surface area contributed by atoms with Crippen LogP contribution in [0.2, 0.25) is 5.28 Å². The van der Waals surface area contributed by atoms with Crippen molar-refractivity contribution in [3.05, 3.63) is 84.1 Å². The van der Waals surface area contributed by atoms with Crippen molar-refractivity contribution in [1.29, 1.82) is 0 Å². The fourth-order valence-corrected chi connectivity index (χ4v) is 3.18. The van der Waals surface area contributed by atoms with Crippen molar-refractivity contribution in [3.8, 4) is 34.2 Å². The zero-order valence-electron chi connectivity index (χ0n) is 14.6. The predicted molar refractivity (Wildman–Crippen MR) is 109 cm³/mol. The van der Waals surface area contributed by atoms with Crippen LogP contribution in [0.5, 0.6) is 0 Å². The Morgan fingerprint density at radius 2 is 1.29 bits per heavy atom. The second-order valence-electron chi connectivity index (χ2n) is 6.16. The normalized spacial score (nSPS) is 11.0. The van der Waals surface area contributed by atoms with Gasteiger partial charge in [-0.25, -0.2) is 9.97 Å². The molecule has 0 aliphatic heterocycles. The average molecular weight is 385 g/mol. The quantitative estimate of drug-likeness (QED) is 0.401. The van der Waals surface area contributed by atoms with Crippen LogP contribution in [-0.4, -0.2) is 19.9 Å². The zero-order chi connectivity index (χ0) is 18.9. The number of fused-ring (bicyclic) bond motifs is 1. The molecule has 0 spiro atoms. The van der Waals surface area contributed by atoms with Gasteiger partial charge in [0.15, 0.2) is 17.2 Å². The Hall–Kier alpha value is -3.57. The van der Waals surface area contributed by atoms with Gasteiger partial charge in [0.1, 0.15) is 5.52 Å². The molecule has 0 bridgehead atoms. The summed E-state index contributed by atoms with van der Waals surface area (Å²) in [6, 6.07) is 25.1. The first kappa shape index (κ1) is 16.6. The molecular formula is C22H13ClN4O. The summed E-state index contributed by atoms with van der Waals surface area (Å²) in [6.45, 7) is 0. The maximum atomic E-state index is 6.19. The highest BCUT2D eigenvalue weighted by Crippen LogP contribution is 2.31. The fourth-order valence-electron chi connectivity index (χ4n) is 3.02. The highest BCUT2D eigenvalue weighted by molar-refractivity contribution is 6.28. The number of aromatic nitrogens is 4. The predicted octanol–water partition coefficient (Wildman–Crippen LogP) is 5.67. The molecule has 0 atom stereocenters. The van der Waals surface area contributed by atoms with Crippen LogP contribution in [0, 0.1) is 0 Å². The van der Waals surface area contributed by atoms with E-state index in [4.69, 9.17) is 16.0 Å². The third-order valence-electron chi connectivity index (χ3n) is 4.32. The van der Waals surface area contributed by atoms with Crippen molar-refractivity contribution >= 4 is 22.7 Å². The highest BCUT2D eigenvalue weighted by Gasteiger charge is 2.16.